The van der Waals surface area contributed by atoms with E-state index in [2.05, 4.69) is 30.6 Å². The van der Waals surface area contributed by atoms with Crippen molar-refractivity contribution >= 4 is 40.1 Å². The molecular weight excluding hydrogens is 414 g/mol. The van der Waals surface area contributed by atoms with Gasteiger partial charge in [-0.3, -0.25) is 4.79 Å². The molecule has 0 aromatic carbocycles. The Balaban J connectivity index is 1.56. The van der Waals surface area contributed by atoms with E-state index in [1.165, 1.54) is 6.33 Å². The average Bonchev–Trinajstić information content (AvgIpc) is 3.15. The summed E-state index contributed by atoms with van der Waals surface area (Å²) in [6.45, 7) is 2.57. The zero-order valence-electron chi connectivity index (χ0n) is 16.3. The van der Waals surface area contributed by atoms with Crippen LogP contribution in [0, 0.1) is 0 Å². The molecule has 0 saturated heterocycles. The maximum absolute atomic E-state index is 13.3. The van der Waals surface area contributed by atoms with Gasteiger partial charge < -0.3 is 15.6 Å². The van der Waals surface area contributed by atoms with Crippen molar-refractivity contribution in [1.29, 1.82) is 0 Å². The molecule has 0 bridgehead atoms. The molecule has 7 nitrogen and oxygen atoms in total. The SMILES string of the molecule is CCNc1ncnc2[nH]cc(C(=O)c3ccc(NC4CCC(F)(F)CC4)nc3Cl)c12. The Morgan fingerprint density at radius 3 is 2.73 bits per heavy atom. The van der Waals surface area contributed by atoms with E-state index in [1.807, 2.05) is 6.92 Å². The fourth-order valence-electron chi connectivity index (χ4n) is 3.67. The molecule has 158 valence electrons. The third-order valence-electron chi connectivity index (χ3n) is 5.22. The number of carbonyl (C=O) groups is 1. The number of fused-ring (bicyclic) bond motifs is 1. The summed E-state index contributed by atoms with van der Waals surface area (Å²) in [5.74, 6) is -1.88. The number of ketones is 1. The minimum absolute atomic E-state index is 0.0438. The van der Waals surface area contributed by atoms with Gasteiger partial charge in [0.05, 0.1) is 16.5 Å². The van der Waals surface area contributed by atoms with Gasteiger partial charge in [-0.2, -0.15) is 0 Å². The van der Waals surface area contributed by atoms with E-state index in [0.717, 1.165) is 0 Å². The number of nitrogens with one attached hydrogen (secondary N) is 3. The molecule has 3 N–H and O–H groups in total. The largest absolute Gasteiger partial charge is 0.370 e. The van der Waals surface area contributed by atoms with Crippen LogP contribution < -0.4 is 10.6 Å². The smallest absolute Gasteiger partial charge is 0.248 e. The second-order valence-corrected chi connectivity index (χ2v) is 7.68. The van der Waals surface area contributed by atoms with Crippen LogP contribution in [0.5, 0.6) is 0 Å². The van der Waals surface area contributed by atoms with E-state index in [0.29, 0.717) is 47.6 Å². The molecule has 1 fully saturated rings. The van der Waals surface area contributed by atoms with E-state index >= 15 is 0 Å². The molecule has 0 aliphatic heterocycles. The van der Waals surface area contributed by atoms with E-state index in [-0.39, 0.29) is 35.4 Å². The number of nitrogens with zero attached hydrogens (tertiary/aromatic N) is 3. The number of pyridine rings is 1. The second kappa shape index (κ2) is 8.14. The van der Waals surface area contributed by atoms with Crippen LogP contribution in [0.2, 0.25) is 5.15 Å². The van der Waals surface area contributed by atoms with Crippen molar-refractivity contribution in [2.75, 3.05) is 17.2 Å². The Morgan fingerprint density at radius 1 is 1.27 bits per heavy atom. The third kappa shape index (κ3) is 4.07. The predicted octanol–water partition coefficient (Wildman–Crippen LogP) is 4.66. The van der Waals surface area contributed by atoms with Crippen molar-refractivity contribution in [2.45, 2.75) is 44.6 Å². The van der Waals surface area contributed by atoms with Crippen molar-refractivity contribution in [1.82, 2.24) is 19.9 Å². The van der Waals surface area contributed by atoms with Gasteiger partial charge in [0.1, 0.15) is 28.8 Å². The van der Waals surface area contributed by atoms with Crippen molar-refractivity contribution in [3.8, 4) is 0 Å². The number of H-pyrrole nitrogens is 1. The van der Waals surface area contributed by atoms with Gasteiger partial charge in [0, 0.05) is 31.6 Å². The highest BCUT2D eigenvalue weighted by Gasteiger charge is 2.35. The van der Waals surface area contributed by atoms with Crippen LogP contribution in [-0.4, -0.2) is 44.2 Å². The predicted molar refractivity (Wildman–Crippen MR) is 112 cm³/mol. The summed E-state index contributed by atoms with van der Waals surface area (Å²) in [4.78, 5) is 28.8. The van der Waals surface area contributed by atoms with Crippen LogP contribution in [0.1, 0.15) is 48.5 Å². The zero-order valence-corrected chi connectivity index (χ0v) is 17.1. The fraction of sp³-hybridized carbons (Fsp3) is 0.400. The number of aromatic nitrogens is 4. The summed E-state index contributed by atoms with van der Waals surface area (Å²) in [7, 11) is 0. The number of alkyl halides is 2. The second-order valence-electron chi connectivity index (χ2n) is 7.32. The van der Waals surface area contributed by atoms with Gasteiger partial charge in [-0.1, -0.05) is 11.6 Å². The van der Waals surface area contributed by atoms with Gasteiger partial charge in [0.2, 0.25) is 5.92 Å². The molecule has 0 radical (unpaired) electrons. The fourth-order valence-corrected chi connectivity index (χ4v) is 3.91. The van der Waals surface area contributed by atoms with E-state index in [1.54, 1.807) is 18.3 Å². The molecule has 1 aliphatic carbocycles. The minimum atomic E-state index is -2.59. The first-order valence-electron chi connectivity index (χ1n) is 9.79. The van der Waals surface area contributed by atoms with Gasteiger partial charge in [0.15, 0.2) is 5.78 Å². The van der Waals surface area contributed by atoms with Gasteiger partial charge in [-0.15, -0.1) is 0 Å². The number of halogens is 3. The highest BCUT2D eigenvalue weighted by Crippen LogP contribution is 2.34. The highest BCUT2D eigenvalue weighted by molar-refractivity contribution is 6.34. The zero-order chi connectivity index (χ0) is 21.3. The summed E-state index contributed by atoms with van der Waals surface area (Å²) in [6, 6.07) is 3.14. The molecule has 4 rings (SSSR count). The molecular formula is C20H21ClF2N6O. The molecule has 1 aliphatic rings. The average molecular weight is 435 g/mol. The molecule has 3 aromatic rings. The van der Waals surface area contributed by atoms with Crippen LogP contribution in [0.3, 0.4) is 0 Å². The van der Waals surface area contributed by atoms with Crippen molar-refractivity contribution in [2.24, 2.45) is 0 Å². The molecule has 1 saturated carbocycles. The van der Waals surface area contributed by atoms with Gasteiger partial charge in [-0.25, -0.2) is 23.7 Å². The summed E-state index contributed by atoms with van der Waals surface area (Å²) in [6.07, 6.45) is 3.41. The van der Waals surface area contributed by atoms with Gasteiger partial charge in [0.25, 0.3) is 0 Å². The lowest BCUT2D eigenvalue weighted by atomic mass is 9.92. The number of aromatic amines is 1. The minimum Gasteiger partial charge on any atom is -0.370 e. The van der Waals surface area contributed by atoms with E-state index in [9.17, 15) is 13.6 Å². The summed E-state index contributed by atoms with van der Waals surface area (Å²) in [5, 5.41) is 6.89. The quantitative estimate of drug-likeness (QED) is 0.386. The normalized spacial score (nSPS) is 16.5. The van der Waals surface area contributed by atoms with Crippen molar-refractivity contribution in [3.63, 3.8) is 0 Å². The molecule has 30 heavy (non-hydrogen) atoms. The van der Waals surface area contributed by atoms with Crippen LogP contribution in [-0.2, 0) is 0 Å². The first-order valence-corrected chi connectivity index (χ1v) is 10.2. The van der Waals surface area contributed by atoms with E-state index < -0.39 is 5.92 Å². The molecule has 3 heterocycles. The van der Waals surface area contributed by atoms with Crippen LogP contribution in [0.25, 0.3) is 11.0 Å². The Hall–Kier alpha value is -2.81. The Labute approximate surface area is 176 Å². The standard InChI is InChI=1S/C20H21ClF2N6O/c1-2-24-18-15-13(9-25-19(15)27-10-26-18)16(30)12-3-4-14(29-17(12)21)28-11-5-7-20(22,23)8-6-11/h3-4,9-11H,2,5-8H2,1H3,(H,28,29)(H2,24,25,26,27). The van der Waals surface area contributed by atoms with E-state index in [4.69, 9.17) is 11.6 Å². The lowest BCUT2D eigenvalue weighted by Crippen LogP contribution is -2.32. The molecule has 10 heteroatoms. The van der Waals surface area contributed by atoms with Crippen LogP contribution in [0.15, 0.2) is 24.7 Å². The highest BCUT2D eigenvalue weighted by atomic mass is 35.5. The van der Waals surface area contributed by atoms with Gasteiger partial charge in [-0.05, 0) is 31.9 Å². The number of hydrogen-bond acceptors (Lipinski definition) is 6. The Kier molecular flexibility index (Phi) is 5.55. The summed E-state index contributed by atoms with van der Waals surface area (Å²) >= 11 is 6.31. The van der Waals surface area contributed by atoms with Gasteiger partial charge >= 0.3 is 0 Å². The summed E-state index contributed by atoms with van der Waals surface area (Å²) in [5.41, 5.74) is 1.17. The third-order valence-corrected chi connectivity index (χ3v) is 5.51. The first-order chi connectivity index (χ1) is 14.4. The van der Waals surface area contributed by atoms with Crippen LogP contribution >= 0.6 is 11.6 Å². The molecule has 3 aromatic heterocycles. The lowest BCUT2D eigenvalue weighted by molar-refractivity contribution is -0.0361. The molecule has 0 unspecified atom stereocenters. The Morgan fingerprint density at radius 2 is 2.03 bits per heavy atom. The maximum atomic E-state index is 13.3. The number of rotatable bonds is 6. The number of carbonyl (C=O) groups excluding carboxylic acids is 1. The first kappa shape index (κ1) is 20.5. The van der Waals surface area contributed by atoms with Crippen molar-refractivity contribution in [3.05, 3.63) is 40.9 Å². The maximum Gasteiger partial charge on any atom is 0.248 e. The molecule has 0 spiro atoms. The summed E-state index contributed by atoms with van der Waals surface area (Å²) < 4.78 is 26.7. The van der Waals surface area contributed by atoms with Crippen molar-refractivity contribution < 1.29 is 13.6 Å². The number of hydrogen-bond donors (Lipinski definition) is 3. The number of anilines is 2. The molecule has 0 atom stereocenters. The monoisotopic (exact) mass is 434 g/mol. The topological polar surface area (TPSA) is 95.6 Å². The lowest BCUT2D eigenvalue weighted by Gasteiger charge is -2.29. The van der Waals surface area contributed by atoms with Crippen LogP contribution in [0.4, 0.5) is 20.4 Å². The Bertz CT molecular complexity index is 1080. The molecule has 0 amide bonds.